The molecule has 1 fully saturated rings. The lowest BCUT2D eigenvalue weighted by molar-refractivity contribution is 0.0650. The van der Waals surface area contributed by atoms with Crippen molar-refractivity contribution in [1.29, 1.82) is 0 Å². The molecule has 1 amide bonds. The maximum absolute atomic E-state index is 12.9. The fourth-order valence-corrected chi connectivity index (χ4v) is 4.65. The van der Waals surface area contributed by atoms with E-state index in [2.05, 4.69) is 33.9 Å². The first-order valence-corrected chi connectivity index (χ1v) is 12.3. The van der Waals surface area contributed by atoms with E-state index in [1.165, 1.54) is 24.0 Å². The standard InChI is InChI=1S/C25H27N3O4S/c29-25(28-17-15-27(16-18-28)14-4-8-21-6-2-1-3-7-21)22-10-12-24(13-11-22)33(30,31)26-20-23-9-5-19-32-23/h1-13,19,26H,14-18,20H2. The van der Waals surface area contributed by atoms with Crippen LogP contribution in [0.15, 0.2) is 88.4 Å². The summed E-state index contributed by atoms with van der Waals surface area (Å²) in [7, 11) is -3.69. The molecule has 7 nitrogen and oxygen atoms in total. The smallest absolute Gasteiger partial charge is 0.253 e. The largest absolute Gasteiger partial charge is 0.468 e. The molecule has 0 spiro atoms. The maximum Gasteiger partial charge on any atom is 0.253 e. The van der Waals surface area contributed by atoms with Crippen LogP contribution in [0.4, 0.5) is 0 Å². The van der Waals surface area contributed by atoms with Crippen molar-refractivity contribution in [3.63, 3.8) is 0 Å². The Balaban J connectivity index is 1.27. The Kier molecular flexibility index (Phi) is 7.39. The van der Waals surface area contributed by atoms with Gasteiger partial charge in [-0.1, -0.05) is 42.5 Å². The Morgan fingerprint density at radius 3 is 2.33 bits per heavy atom. The van der Waals surface area contributed by atoms with Crippen LogP contribution in [0, 0.1) is 0 Å². The average molecular weight is 466 g/mol. The zero-order chi connectivity index (χ0) is 23.1. The predicted molar refractivity (Wildman–Crippen MR) is 127 cm³/mol. The summed E-state index contributed by atoms with van der Waals surface area (Å²) in [5.41, 5.74) is 1.66. The van der Waals surface area contributed by atoms with Crippen molar-refractivity contribution in [2.45, 2.75) is 11.4 Å². The van der Waals surface area contributed by atoms with Crippen molar-refractivity contribution in [2.24, 2.45) is 0 Å². The van der Waals surface area contributed by atoms with E-state index in [4.69, 9.17) is 4.42 Å². The fraction of sp³-hybridized carbons (Fsp3) is 0.240. The molecule has 2 heterocycles. The van der Waals surface area contributed by atoms with Gasteiger partial charge in [0, 0.05) is 38.3 Å². The summed E-state index contributed by atoms with van der Waals surface area (Å²) in [4.78, 5) is 17.1. The highest BCUT2D eigenvalue weighted by Crippen LogP contribution is 2.14. The molecule has 1 saturated heterocycles. The van der Waals surface area contributed by atoms with Crippen LogP contribution in [0.1, 0.15) is 21.7 Å². The average Bonchev–Trinajstić information content (AvgIpc) is 3.38. The third kappa shape index (κ3) is 6.19. The molecule has 0 aliphatic carbocycles. The van der Waals surface area contributed by atoms with Crippen LogP contribution in [-0.2, 0) is 16.6 Å². The summed E-state index contributed by atoms with van der Waals surface area (Å²) in [6, 6.07) is 19.6. The number of carbonyl (C=O) groups excluding carboxylic acids is 1. The van der Waals surface area contributed by atoms with E-state index in [9.17, 15) is 13.2 Å². The number of nitrogens with zero attached hydrogens (tertiary/aromatic N) is 2. The van der Waals surface area contributed by atoms with Crippen LogP contribution < -0.4 is 4.72 Å². The van der Waals surface area contributed by atoms with E-state index in [0.29, 0.717) is 24.4 Å². The minimum Gasteiger partial charge on any atom is -0.468 e. The van der Waals surface area contributed by atoms with Crippen LogP contribution >= 0.6 is 0 Å². The highest BCUT2D eigenvalue weighted by molar-refractivity contribution is 7.89. The Labute approximate surface area is 194 Å². The Bertz CT molecular complexity index is 1170. The molecule has 0 radical (unpaired) electrons. The molecule has 1 aliphatic heterocycles. The lowest BCUT2D eigenvalue weighted by atomic mass is 10.2. The number of benzene rings is 2. The van der Waals surface area contributed by atoms with Crippen LogP contribution in [0.5, 0.6) is 0 Å². The number of nitrogens with one attached hydrogen (secondary N) is 1. The normalized spacial score (nSPS) is 15.2. The highest BCUT2D eigenvalue weighted by atomic mass is 32.2. The lowest BCUT2D eigenvalue weighted by Crippen LogP contribution is -2.48. The Morgan fingerprint density at radius 2 is 1.67 bits per heavy atom. The van der Waals surface area contributed by atoms with E-state index in [0.717, 1.165) is 19.6 Å². The van der Waals surface area contributed by atoms with Crippen LogP contribution in [0.2, 0.25) is 0 Å². The summed E-state index contributed by atoms with van der Waals surface area (Å²) in [6.07, 6.45) is 5.74. The lowest BCUT2D eigenvalue weighted by Gasteiger charge is -2.34. The Morgan fingerprint density at radius 1 is 0.939 bits per heavy atom. The molecule has 3 aromatic rings. The second-order valence-electron chi connectivity index (χ2n) is 7.83. The number of carbonyl (C=O) groups is 1. The first kappa shape index (κ1) is 23.0. The van der Waals surface area contributed by atoms with Crippen molar-refractivity contribution >= 4 is 22.0 Å². The van der Waals surface area contributed by atoms with Gasteiger partial charge < -0.3 is 9.32 Å². The van der Waals surface area contributed by atoms with E-state index in [-0.39, 0.29) is 17.3 Å². The van der Waals surface area contributed by atoms with E-state index < -0.39 is 10.0 Å². The fourth-order valence-electron chi connectivity index (χ4n) is 3.66. The number of piperazine rings is 1. The zero-order valence-corrected chi connectivity index (χ0v) is 19.1. The van der Waals surface area contributed by atoms with Gasteiger partial charge in [-0.15, -0.1) is 0 Å². The minimum absolute atomic E-state index is 0.0703. The predicted octanol–water partition coefficient (Wildman–Crippen LogP) is 3.23. The van der Waals surface area contributed by atoms with E-state index >= 15 is 0 Å². The molecule has 1 aliphatic rings. The molecule has 172 valence electrons. The Hall–Kier alpha value is -3.20. The van der Waals surface area contributed by atoms with Gasteiger partial charge in [0.15, 0.2) is 0 Å². The van der Waals surface area contributed by atoms with Crippen molar-refractivity contribution in [3.8, 4) is 0 Å². The number of amides is 1. The molecule has 2 aromatic carbocycles. The molecule has 8 heteroatoms. The molecule has 4 rings (SSSR count). The molecular formula is C25H27N3O4S. The van der Waals surface area contributed by atoms with Crippen LogP contribution in [0.3, 0.4) is 0 Å². The topological polar surface area (TPSA) is 82.9 Å². The second kappa shape index (κ2) is 10.6. The maximum atomic E-state index is 12.9. The van der Waals surface area contributed by atoms with Gasteiger partial charge in [-0.05, 0) is 42.0 Å². The molecule has 33 heavy (non-hydrogen) atoms. The van der Waals surface area contributed by atoms with Gasteiger partial charge in [0.25, 0.3) is 5.91 Å². The van der Waals surface area contributed by atoms with Gasteiger partial charge >= 0.3 is 0 Å². The van der Waals surface area contributed by atoms with Crippen molar-refractivity contribution < 1.29 is 17.6 Å². The number of rotatable bonds is 8. The van der Waals surface area contributed by atoms with Crippen molar-refractivity contribution in [3.05, 3.63) is 96.0 Å². The summed E-state index contributed by atoms with van der Waals surface area (Å²) < 4.78 is 32.6. The summed E-state index contributed by atoms with van der Waals surface area (Å²) >= 11 is 0. The summed E-state index contributed by atoms with van der Waals surface area (Å²) in [5, 5.41) is 0. The van der Waals surface area contributed by atoms with Gasteiger partial charge in [-0.3, -0.25) is 9.69 Å². The van der Waals surface area contributed by atoms with Gasteiger partial charge in [0.1, 0.15) is 5.76 Å². The number of furan rings is 1. The molecular weight excluding hydrogens is 438 g/mol. The number of hydrogen-bond acceptors (Lipinski definition) is 5. The molecule has 0 saturated carbocycles. The van der Waals surface area contributed by atoms with Gasteiger partial charge in [-0.2, -0.15) is 0 Å². The number of hydrogen-bond donors (Lipinski definition) is 1. The molecule has 1 N–H and O–H groups in total. The zero-order valence-electron chi connectivity index (χ0n) is 18.3. The monoisotopic (exact) mass is 465 g/mol. The SMILES string of the molecule is O=C(c1ccc(S(=O)(=O)NCc2ccco2)cc1)N1CCN(CC=Cc2ccccc2)CC1. The van der Waals surface area contributed by atoms with Crippen molar-refractivity contribution in [1.82, 2.24) is 14.5 Å². The second-order valence-corrected chi connectivity index (χ2v) is 9.60. The molecule has 1 aromatic heterocycles. The third-order valence-corrected chi connectivity index (χ3v) is 6.98. The van der Waals surface area contributed by atoms with Gasteiger partial charge in [-0.25, -0.2) is 13.1 Å². The van der Waals surface area contributed by atoms with Crippen molar-refractivity contribution in [2.75, 3.05) is 32.7 Å². The number of sulfonamides is 1. The van der Waals surface area contributed by atoms with E-state index in [1.54, 1.807) is 24.3 Å². The highest BCUT2D eigenvalue weighted by Gasteiger charge is 2.22. The van der Waals surface area contributed by atoms with Gasteiger partial charge in [0.2, 0.25) is 10.0 Å². The summed E-state index contributed by atoms with van der Waals surface area (Å²) in [5.74, 6) is 0.446. The van der Waals surface area contributed by atoms with Crippen LogP contribution in [-0.4, -0.2) is 56.8 Å². The minimum atomic E-state index is -3.69. The molecule has 0 atom stereocenters. The molecule has 0 bridgehead atoms. The summed E-state index contributed by atoms with van der Waals surface area (Å²) in [6.45, 7) is 3.79. The van der Waals surface area contributed by atoms with Crippen LogP contribution in [0.25, 0.3) is 6.08 Å². The third-order valence-electron chi connectivity index (χ3n) is 5.56. The first-order valence-electron chi connectivity index (χ1n) is 10.9. The first-order chi connectivity index (χ1) is 16.0. The van der Waals surface area contributed by atoms with Gasteiger partial charge in [0.05, 0.1) is 17.7 Å². The molecule has 0 unspecified atom stereocenters. The quantitative estimate of drug-likeness (QED) is 0.552. The van der Waals surface area contributed by atoms with E-state index in [1.807, 2.05) is 23.1 Å².